The van der Waals surface area contributed by atoms with E-state index in [9.17, 15) is 5.11 Å². The summed E-state index contributed by atoms with van der Waals surface area (Å²) in [4.78, 5) is 0. The number of aliphatic hydroxyl groups is 1. The fraction of sp³-hybridized carbons (Fsp3) is 1.00. The third-order valence-electron chi connectivity index (χ3n) is 4.71. The van der Waals surface area contributed by atoms with Crippen LogP contribution in [0, 0.1) is 11.8 Å². The number of alkyl halides is 1. The Labute approximate surface area is 123 Å². The van der Waals surface area contributed by atoms with Gasteiger partial charge in [0.05, 0.1) is 17.3 Å². The van der Waals surface area contributed by atoms with E-state index in [2.05, 4.69) is 27.7 Å². The quantitative estimate of drug-likeness (QED) is 0.532. The zero-order chi connectivity index (χ0) is 14.8. The van der Waals surface area contributed by atoms with Gasteiger partial charge in [0.25, 0.3) is 0 Å². The Balaban J connectivity index is 2.44. The van der Waals surface area contributed by atoms with E-state index in [1.54, 1.807) is 0 Å². The highest BCUT2D eigenvalue weighted by Crippen LogP contribution is 2.42. The SMILES string of the molecule is CCC(C(C)CCC1(C)OC1C)C(Cl)CC(C)(C)O. The summed E-state index contributed by atoms with van der Waals surface area (Å²) in [6.07, 6.45) is 4.38. The highest BCUT2D eigenvalue weighted by molar-refractivity contribution is 6.20. The van der Waals surface area contributed by atoms with Crippen molar-refractivity contribution in [1.82, 2.24) is 0 Å². The third kappa shape index (κ3) is 5.24. The van der Waals surface area contributed by atoms with E-state index < -0.39 is 5.60 Å². The van der Waals surface area contributed by atoms with E-state index in [-0.39, 0.29) is 11.0 Å². The van der Waals surface area contributed by atoms with Crippen LogP contribution >= 0.6 is 11.6 Å². The minimum atomic E-state index is -0.681. The van der Waals surface area contributed by atoms with Crippen LogP contribution in [-0.2, 0) is 4.74 Å². The molecular weight excluding hydrogens is 260 g/mol. The molecule has 0 spiro atoms. The molecule has 1 saturated heterocycles. The van der Waals surface area contributed by atoms with Crippen LogP contribution in [0.15, 0.2) is 0 Å². The van der Waals surface area contributed by atoms with Gasteiger partial charge in [-0.15, -0.1) is 11.6 Å². The largest absolute Gasteiger partial charge is 0.390 e. The first kappa shape index (κ1) is 17.3. The van der Waals surface area contributed by atoms with Gasteiger partial charge in [-0.2, -0.15) is 0 Å². The van der Waals surface area contributed by atoms with Crippen LogP contribution in [0.25, 0.3) is 0 Å². The molecule has 0 aromatic rings. The van der Waals surface area contributed by atoms with Gasteiger partial charge in [-0.1, -0.05) is 20.3 Å². The maximum atomic E-state index is 9.91. The average molecular weight is 291 g/mol. The van der Waals surface area contributed by atoms with Gasteiger partial charge in [-0.3, -0.25) is 0 Å². The van der Waals surface area contributed by atoms with Gasteiger partial charge in [-0.25, -0.2) is 0 Å². The molecule has 1 aliphatic heterocycles. The number of epoxide rings is 1. The molecule has 0 bridgehead atoms. The van der Waals surface area contributed by atoms with E-state index in [4.69, 9.17) is 16.3 Å². The summed E-state index contributed by atoms with van der Waals surface area (Å²) < 4.78 is 5.64. The van der Waals surface area contributed by atoms with E-state index in [0.717, 1.165) is 19.3 Å². The van der Waals surface area contributed by atoms with Crippen molar-refractivity contribution in [3.63, 3.8) is 0 Å². The highest BCUT2D eigenvalue weighted by atomic mass is 35.5. The number of rotatable bonds is 8. The minimum absolute atomic E-state index is 0.0466. The first-order valence-electron chi connectivity index (χ1n) is 7.63. The average Bonchev–Trinajstić information content (AvgIpc) is 2.83. The molecule has 0 saturated carbocycles. The van der Waals surface area contributed by atoms with Gasteiger partial charge >= 0.3 is 0 Å². The molecule has 114 valence electrons. The summed E-state index contributed by atoms with van der Waals surface area (Å²) in [6, 6.07) is 0. The summed E-state index contributed by atoms with van der Waals surface area (Å²) >= 11 is 6.53. The second-order valence-corrected chi connectivity index (χ2v) is 7.75. The lowest BCUT2D eigenvalue weighted by Crippen LogP contribution is -2.31. The monoisotopic (exact) mass is 290 g/mol. The third-order valence-corrected chi connectivity index (χ3v) is 5.18. The predicted octanol–water partition coefficient (Wildman–Crippen LogP) is 4.37. The van der Waals surface area contributed by atoms with E-state index in [1.165, 1.54) is 0 Å². The Morgan fingerprint density at radius 1 is 1.42 bits per heavy atom. The van der Waals surface area contributed by atoms with Crippen LogP contribution in [0.3, 0.4) is 0 Å². The molecule has 5 unspecified atom stereocenters. The molecule has 0 aromatic carbocycles. The molecule has 0 aromatic heterocycles. The molecule has 3 heteroatoms. The van der Waals surface area contributed by atoms with Crippen LogP contribution in [0.1, 0.15) is 67.2 Å². The van der Waals surface area contributed by atoms with E-state index in [0.29, 0.717) is 24.4 Å². The van der Waals surface area contributed by atoms with Crippen molar-refractivity contribution in [3.05, 3.63) is 0 Å². The molecule has 5 atom stereocenters. The molecule has 1 fully saturated rings. The Bertz CT molecular complexity index is 287. The van der Waals surface area contributed by atoms with Crippen molar-refractivity contribution in [2.75, 3.05) is 0 Å². The number of halogens is 1. The van der Waals surface area contributed by atoms with Crippen LogP contribution in [0.5, 0.6) is 0 Å². The van der Waals surface area contributed by atoms with Crippen LogP contribution < -0.4 is 0 Å². The molecule has 0 radical (unpaired) electrons. The van der Waals surface area contributed by atoms with E-state index >= 15 is 0 Å². The molecule has 1 aliphatic rings. The molecular formula is C16H31ClO2. The van der Waals surface area contributed by atoms with Crippen molar-refractivity contribution in [1.29, 1.82) is 0 Å². The molecule has 1 N–H and O–H groups in total. The molecule has 0 aliphatic carbocycles. The summed E-state index contributed by atoms with van der Waals surface area (Å²) in [5.74, 6) is 1.04. The van der Waals surface area contributed by atoms with Crippen LogP contribution in [-0.4, -0.2) is 27.8 Å². The van der Waals surface area contributed by atoms with Crippen molar-refractivity contribution in [2.45, 2.75) is 89.9 Å². The smallest absolute Gasteiger partial charge is 0.0917 e. The van der Waals surface area contributed by atoms with Gasteiger partial charge in [0.2, 0.25) is 0 Å². The summed E-state index contributed by atoms with van der Waals surface area (Å²) in [7, 11) is 0. The fourth-order valence-electron chi connectivity index (χ4n) is 3.00. The van der Waals surface area contributed by atoms with Gasteiger partial charge in [0.1, 0.15) is 0 Å². The lowest BCUT2D eigenvalue weighted by Gasteiger charge is -2.31. The van der Waals surface area contributed by atoms with Crippen LogP contribution in [0.4, 0.5) is 0 Å². The lowest BCUT2D eigenvalue weighted by molar-refractivity contribution is 0.0610. The van der Waals surface area contributed by atoms with Gasteiger partial charge in [-0.05, 0) is 58.8 Å². The topological polar surface area (TPSA) is 32.8 Å². The Hall–Kier alpha value is 0.210. The highest BCUT2D eigenvalue weighted by Gasteiger charge is 2.48. The lowest BCUT2D eigenvalue weighted by atomic mass is 9.80. The number of hydrogen-bond donors (Lipinski definition) is 1. The predicted molar refractivity (Wildman–Crippen MR) is 81.7 cm³/mol. The van der Waals surface area contributed by atoms with Crippen molar-refractivity contribution >= 4 is 11.6 Å². The van der Waals surface area contributed by atoms with Crippen molar-refractivity contribution in [2.24, 2.45) is 11.8 Å². The van der Waals surface area contributed by atoms with Crippen molar-refractivity contribution < 1.29 is 9.84 Å². The fourth-order valence-corrected chi connectivity index (χ4v) is 3.81. The second-order valence-electron chi connectivity index (χ2n) is 7.19. The number of hydrogen-bond acceptors (Lipinski definition) is 2. The molecule has 2 nitrogen and oxygen atoms in total. The zero-order valence-electron chi connectivity index (χ0n) is 13.4. The van der Waals surface area contributed by atoms with E-state index in [1.807, 2.05) is 13.8 Å². The van der Waals surface area contributed by atoms with Gasteiger partial charge < -0.3 is 9.84 Å². The minimum Gasteiger partial charge on any atom is -0.390 e. The molecule has 1 rings (SSSR count). The van der Waals surface area contributed by atoms with Crippen molar-refractivity contribution in [3.8, 4) is 0 Å². The van der Waals surface area contributed by atoms with Gasteiger partial charge in [0.15, 0.2) is 0 Å². The normalized spacial score (nSPS) is 31.9. The molecule has 0 amide bonds. The first-order valence-corrected chi connectivity index (χ1v) is 8.07. The summed E-state index contributed by atoms with van der Waals surface area (Å²) in [5.41, 5.74) is -0.579. The number of ether oxygens (including phenoxy) is 1. The Morgan fingerprint density at radius 3 is 2.32 bits per heavy atom. The maximum Gasteiger partial charge on any atom is 0.0917 e. The summed E-state index contributed by atoms with van der Waals surface area (Å²) in [5, 5.41) is 9.96. The van der Waals surface area contributed by atoms with Gasteiger partial charge in [0, 0.05) is 5.38 Å². The second kappa shape index (κ2) is 6.32. The Kier molecular flexibility index (Phi) is 5.74. The molecule has 1 heterocycles. The van der Waals surface area contributed by atoms with Crippen LogP contribution in [0.2, 0.25) is 0 Å². The standard InChI is InChI=1S/C16H31ClO2/c1-7-13(14(17)10-15(4,5)18)11(2)8-9-16(6)12(3)19-16/h11-14,18H,7-10H2,1-6H3. The zero-order valence-corrected chi connectivity index (χ0v) is 14.1. The molecule has 19 heavy (non-hydrogen) atoms. The maximum absolute atomic E-state index is 9.91. The Morgan fingerprint density at radius 2 is 1.95 bits per heavy atom. The summed E-state index contributed by atoms with van der Waals surface area (Å²) in [6.45, 7) is 12.5. The first-order chi connectivity index (χ1) is 8.59.